The molecule has 0 radical (unpaired) electrons. The quantitative estimate of drug-likeness (QED) is 0.598. The van der Waals surface area contributed by atoms with E-state index in [0.717, 1.165) is 0 Å². The summed E-state index contributed by atoms with van der Waals surface area (Å²) in [4.78, 5) is 20.6. The minimum atomic E-state index is -3.61. The molecule has 0 unspecified atom stereocenters. The van der Waals surface area contributed by atoms with Gasteiger partial charge in [-0.05, 0) is 0 Å². The van der Waals surface area contributed by atoms with E-state index in [9.17, 15) is 18.0 Å². The maximum absolute atomic E-state index is 10.7. The number of hydrogen-bond acceptors (Lipinski definition) is 4. The van der Waals surface area contributed by atoms with Crippen molar-refractivity contribution in [2.75, 3.05) is 5.75 Å². The fraction of sp³-hybridized carbons (Fsp3) is 0.333. The van der Waals surface area contributed by atoms with Crippen molar-refractivity contribution in [3.63, 3.8) is 0 Å². The van der Waals surface area contributed by atoms with E-state index >= 15 is 0 Å². The van der Waals surface area contributed by atoms with Gasteiger partial charge in [-0.1, -0.05) is 6.58 Å². The molecule has 0 amide bonds. The Morgan fingerprint density at radius 2 is 1.92 bits per heavy atom. The van der Waals surface area contributed by atoms with Crippen molar-refractivity contribution in [1.29, 1.82) is 0 Å². The van der Waals surface area contributed by atoms with Crippen molar-refractivity contribution in [2.24, 2.45) is 0 Å². The number of carbonyl (C=O) groups excluding carboxylic acids is 1. The number of carboxylic acid groups (broad SMARTS) is 1. The van der Waals surface area contributed by atoms with Crippen LogP contribution in [0.15, 0.2) is 12.0 Å². The highest BCUT2D eigenvalue weighted by Gasteiger charge is 2.15. The molecule has 12 heavy (non-hydrogen) atoms. The third-order valence-corrected chi connectivity index (χ3v) is 2.20. The summed E-state index contributed by atoms with van der Waals surface area (Å²) in [7, 11) is -3.61. The number of hydrogen-bond donors (Lipinski definition) is 1. The normalized spacial score (nSPS) is 10.7. The molecule has 0 aliphatic heterocycles. The number of sulfone groups is 1. The monoisotopic (exact) mass is 192 g/mol. The van der Waals surface area contributed by atoms with Gasteiger partial charge in [0, 0.05) is 5.41 Å². The third-order valence-electron chi connectivity index (χ3n) is 0.965. The predicted molar refractivity (Wildman–Crippen MR) is 41.2 cm³/mol. The van der Waals surface area contributed by atoms with Gasteiger partial charge >= 0.3 is 5.97 Å². The molecule has 0 bridgehead atoms. The number of ketones is 1. The molecule has 0 rings (SSSR count). The zero-order chi connectivity index (χ0) is 9.78. The first-order chi connectivity index (χ1) is 5.37. The Balaban J connectivity index is 4.20. The molecule has 0 saturated carbocycles. The fourth-order valence-electron chi connectivity index (χ4n) is 0.503. The fourth-order valence-corrected chi connectivity index (χ4v) is 1.17. The second kappa shape index (κ2) is 4.01. The molecular formula is C6H8O5S. The lowest BCUT2D eigenvalue weighted by atomic mass is 10.3. The molecular weight excluding hydrogens is 184 g/mol. The highest BCUT2D eigenvalue weighted by Crippen LogP contribution is 1.94. The Morgan fingerprint density at radius 3 is 2.25 bits per heavy atom. The summed E-state index contributed by atoms with van der Waals surface area (Å²) in [6.07, 6.45) is -0.771. The van der Waals surface area contributed by atoms with E-state index in [-0.39, 0.29) is 0 Å². The third kappa shape index (κ3) is 4.62. The summed E-state index contributed by atoms with van der Waals surface area (Å²) in [5.74, 6) is -2.97. The molecule has 6 heteroatoms. The number of carbonyl (C=O) groups is 2. The van der Waals surface area contributed by atoms with Crippen LogP contribution in [0.3, 0.4) is 0 Å². The van der Waals surface area contributed by atoms with Crippen LogP contribution in [0.1, 0.15) is 6.42 Å². The minimum absolute atomic E-state index is 0.632. The van der Waals surface area contributed by atoms with Crippen molar-refractivity contribution in [1.82, 2.24) is 0 Å². The molecule has 0 atom stereocenters. The summed E-state index contributed by atoms with van der Waals surface area (Å²) in [6.45, 7) is 2.98. The first kappa shape index (κ1) is 10.8. The van der Waals surface area contributed by atoms with E-state index < -0.39 is 33.8 Å². The van der Waals surface area contributed by atoms with Gasteiger partial charge in [0.2, 0.25) is 0 Å². The van der Waals surface area contributed by atoms with E-state index in [2.05, 4.69) is 6.58 Å². The molecule has 0 saturated heterocycles. The second-order valence-corrected chi connectivity index (χ2v) is 4.03. The largest absolute Gasteiger partial charge is 0.481 e. The first-order valence-electron chi connectivity index (χ1n) is 2.96. The Morgan fingerprint density at radius 1 is 1.42 bits per heavy atom. The topological polar surface area (TPSA) is 88.5 Å². The van der Waals surface area contributed by atoms with Crippen molar-refractivity contribution < 1.29 is 23.1 Å². The van der Waals surface area contributed by atoms with Crippen molar-refractivity contribution in [3.05, 3.63) is 12.0 Å². The molecule has 0 spiro atoms. The van der Waals surface area contributed by atoms with Crippen LogP contribution in [-0.2, 0) is 19.4 Å². The highest BCUT2D eigenvalue weighted by atomic mass is 32.2. The summed E-state index contributed by atoms with van der Waals surface area (Å²) in [5, 5.41) is 8.74. The number of carboxylic acids is 1. The summed E-state index contributed by atoms with van der Waals surface area (Å²) >= 11 is 0. The van der Waals surface area contributed by atoms with Crippen LogP contribution in [0.2, 0.25) is 0 Å². The number of rotatable bonds is 5. The molecule has 1 N–H and O–H groups in total. The average Bonchev–Trinajstić information content (AvgIpc) is 1.84. The molecule has 0 aromatic rings. The smallest absolute Gasteiger partial charge is 0.310 e. The number of aliphatic carboxylic acids is 1. The maximum Gasteiger partial charge on any atom is 0.310 e. The van der Waals surface area contributed by atoms with Gasteiger partial charge in [0.05, 0.1) is 0 Å². The van der Waals surface area contributed by atoms with E-state index in [1.165, 1.54) is 0 Å². The molecule has 68 valence electrons. The van der Waals surface area contributed by atoms with Gasteiger partial charge in [0.15, 0.2) is 15.6 Å². The Bertz CT molecular complexity index is 300. The van der Waals surface area contributed by atoms with Crippen LogP contribution in [0, 0.1) is 0 Å². The minimum Gasteiger partial charge on any atom is -0.481 e. The van der Waals surface area contributed by atoms with Crippen molar-refractivity contribution in [3.8, 4) is 0 Å². The van der Waals surface area contributed by atoms with E-state index in [4.69, 9.17) is 5.11 Å². The standard InChI is InChI=1S/C6H8O5S/c1-2-12(10,11)4-5(7)3-6(8)9/h2H,1,3-4H2,(H,8,9). The van der Waals surface area contributed by atoms with Crippen LogP contribution < -0.4 is 0 Å². The van der Waals surface area contributed by atoms with Crippen LogP contribution in [0.5, 0.6) is 0 Å². The first-order valence-corrected chi connectivity index (χ1v) is 4.67. The van der Waals surface area contributed by atoms with Gasteiger partial charge in [0.25, 0.3) is 0 Å². The average molecular weight is 192 g/mol. The second-order valence-electron chi connectivity index (χ2n) is 2.08. The molecule has 0 heterocycles. The lowest BCUT2D eigenvalue weighted by Crippen LogP contribution is -2.16. The van der Waals surface area contributed by atoms with E-state index in [1.54, 1.807) is 0 Å². The van der Waals surface area contributed by atoms with E-state index in [1.807, 2.05) is 0 Å². The van der Waals surface area contributed by atoms with E-state index in [0.29, 0.717) is 5.41 Å². The van der Waals surface area contributed by atoms with Gasteiger partial charge in [-0.15, -0.1) is 0 Å². The Labute approximate surface area is 69.6 Å². The van der Waals surface area contributed by atoms with Crippen LogP contribution in [0.4, 0.5) is 0 Å². The highest BCUT2D eigenvalue weighted by molar-refractivity contribution is 7.94. The summed E-state index contributed by atoms with van der Waals surface area (Å²) in [6, 6.07) is 0. The van der Waals surface area contributed by atoms with Crippen LogP contribution in [-0.4, -0.2) is 31.0 Å². The molecule has 0 aromatic heterocycles. The summed E-state index contributed by atoms with van der Waals surface area (Å²) in [5.41, 5.74) is 0. The molecule has 0 aliphatic carbocycles. The predicted octanol–water partition coefficient (Wildman–Crippen LogP) is -0.412. The van der Waals surface area contributed by atoms with Crippen molar-refractivity contribution in [2.45, 2.75) is 6.42 Å². The maximum atomic E-state index is 10.7. The van der Waals surface area contributed by atoms with Crippen LogP contribution in [0.25, 0.3) is 0 Å². The molecule has 5 nitrogen and oxygen atoms in total. The van der Waals surface area contributed by atoms with Gasteiger partial charge in [-0.3, -0.25) is 9.59 Å². The lowest BCUT2D eigenvalue weighted by Gasteiger charge is -1.94. The molecule has 0 aromatic carbocycles. The SMILES string of the molecule is C=CS(=O)(=O)CC(=O)CC(=O)O. The van der Waals surface area contributed by atoms with Gasteiger partial charge in [0.1, 0.15) is 12.2 Å². The van der Waals surface area contributed by atoms with Gasteiger partial charge in [-0.2, -0.15) is 0 Å². The summed E-state index contributed by atoms with van der Waals surface area (Å²) < 4.78 is 21.3. The molecule has 0 fully saturated rings. The zero-order valence-electron chi connectivity index (χ0n) is 6.19. The van der Waals surface area contributed by atoms with Gasteiger partial charge in [-0.25, -0.2) is 8.42 Å². The number of Topliss-reactive ketones (excluding diaryl/α,β-unsaturated/α-hetero) is 1. The Hall–Kier alpha value is -1.17. The Kier molecular flexibility index (Phi) is 3.62. The van der Waals surface area contributed by atoms with Crippen LogP contribution >= 0.6 is 0 Å². The molecule has 0 aliphatic rings. The zero-order valence-corrected chi connectivity index (χ0v) is 7.00. The van der Waals surface area contributed by atoms with Gasteiger partial charge < -0.3 is 5.11 Å². The van der Waals surface area contributed by atoms with Crippen molar-refractivity contribution >= 4 is 21.6 Å². The lowest BCUT2D eigenvalue weighted by molar-refractivity contribution is -0.139.